The molecule has 6 nitrogen and oxygen atoms in total. The van der Waals surface area contributed by atoms with Crippen molar-refractivity contribution < 1.29 is 28.9 Å². The maximum Gasteiger partial charge on any atom is 0.530 e. The summed E-state index contributed by atoms with van der Waals surface area (Å²) in [6.07, 6.45) is 2.48. The Morgan fingerprint density at radius 2 is 0.750 bits per heavy atom. The number of phenolic OH excluding ortho intramolecular Hbond substituents is 3. The van der Waals surface area contributed by atoms with Crippen LogP contribution in [-0.4, -0.2) is 15.3 Å². The molecule has 0 atom stereocenters. The molecular weight excluding hydrogens is 523 g/mol. The highest BCUT2D eigenvalue weighted by molar-refractivity contribution is 7.43. The van der Waals surface area contributed by atoms with Gasteiger partial charge in [0.15, 0.2) is 0 Å². The van der Waals surface area contributed by atoms with Gasteiger partial charge in [-0.1, -0.05) is 62.3 Å². The Morgan fingerprint density at radius 1 is 0.500 bits per heavy atom. The average molecular weight is 569 g/mol. The second kappa shape index (κ2) is 12.2. The predicted molar refractivity (Wildman–Crippen MR) is 163 cm³/mol. The number of phenols is 3. The second-order valence-electron chi connectivity index (χ2n) is 12.3. The van der Waals surface area contributed by atoms with Crippen molar-refractivity contribution in [2.75, 3.05) is 0 Å². The van der Waals surface area contributed by atoms with Crippen molar-refractivity contribution >= 4 is 8.60 Å². The molecule has 3 N–H and O–H groups in total. The molecule has 0 radical (unpaired) electrons. The second-order valence-corrected chi connectivity index (χ2v) is 13.2. The molecule has 40 heavy (non-hydrogen) atoms. The van der Waals surface area contributed by atoms with Crippen molar-refractivity contribution in [1.82, 2.24) is 0 Å². The molecule has 0 aliphatic heterocycles. The maximum absolute atomic E-state index is 10.3. The molecule has 0 unspecified atom stereocenters. The minimum absolute atomic E-state index is 0.158. The van der Waals surface area contributed by atoms with Crippen LogP contribution in [0.15, 0.2) is 54.6 Å². The SMILES string of the molecule is CCC(C)(C)c1cc(O)ccc1OP(Oc1ccc(O)cc1C(C)(C)CC)Oc1ccc(O)cc1C(C)(C)CC. The van der Waals surface area contributed by atoms with E-state index in [0.29, 0.717) is 17.2 Å². The van der Waals surface area contributed by atoms with Gasteiger partial charge < -0.3 is 28.9 Å². The molecule has 0 aliphatic carbocycles. The summed E-state index contributed by atoms with van der Waals surface area (Å²) in [4.78, 5) is 0. The van der Waals surface area contributed by atoms with Crippen LogP contribution in [0.4, 0.5) is 0 Å². The molecule has 0 saturated carbocycles. The van der Waals surface area contributed by atoms with Crippen molar-refractivity contribution in [2.45, 2.75) is 97.8 Å². The van der Waals surface area contributed by atoms with Gasteiger partial charge in [-0.15, -0.1) is 0 Å². The van der Waals surface area contributed by atoms with Crippen molar-refractivity contribution in [3.05, 3.63) is 71.3 Å². The van der Waals surface area contributed by atoms with Gasteiger partial charge in [0.1, 0.15) is 34.5 Å². The third-order valence-electron chi connectivity index (χ3n) is 8.25. The lowest BCUT2D eigenvalue weighted by molar-refractivity contribution is 0.363. The van der Waals surface area contributed by atoms with Crippen LogP contribution in [0.1, 0.15) is 98.3 Å². The summed E-state index contributed by atoms with van der Waals surface area (Å²) in [6, 6.07) is 15.2. The lowest BCUT2D eigenvalue weighted by Gasteiger charge is -2.30. The number of hydrogen-bond donors (Lipinski definition) is 3. The highest BCUT2D eigenvalue weighted by Gasteiger charge is 2.32. The molecule has 218 valence electrons. The van der Waals surface area contributed by atoms with E-state index in [1.165, 1.54) is 0 Å². The Bertz CT molecular complexity index is 1150. The topological polar surface area (TPSA) is 88.4 Å². The highest BCUT2D eigenvalue weighted by atomic mass is 31.2. The van der Waals surface area contributed by atoms with Crippen LogP contribution >= 0.6 is 8.60 Å². The van der Waals surface area contributed by atoms with E-state index in [1.807, 2.05) is 0 Å². The van der Waals surface area contributed by atoms with E-state index in [2.05, 4.69) is 62.3 Å². The van der Waals surface area contributed by atoms with E-state index in [0.717, 1.165) is 36.0 Å². The van der Waals surface area contributed by atoms with E-state index in [1.54, 1.807) is 54.6 Å². The zero-order valence-electron chi connectivity index (χ0n) is 25.3. The molecule has 0 fully saturated rings. The van der Waals surface area contributed by atoms with Crippen molar-refractivity contribution in [1.29, 1.82) is 0 Å². The van der Waals surface area contributed by atoms with Gasteiger partial charge in [0.25, 0.3) is 0 Å². The first kappa shape index (κ1) is 31.4. The summed E-state index contributed by atoms with van der Waals surface area (Å²) >= 11 is 0. The van der Waals surface area contributed by atoms with E-state index >= 15 is 0 Å². The molecule has 0 spiro atoms. The molecule has 7 heteroatoms. The van der Waals surface area contributed by atoms with Gasteiger partial charge in [-0.3, -0.25) is 0 Å². The van der Waals surface area contributed by atoms with E-state index in [-0.39, 0.29) is 33.5 Å². The minimum atomic E-state index is -2.07. The molecule has 0 amide bonds. The first-order chi connectivity index (χ1) is 18.6. The molecular formula is C33H45O6P. The van der Waals surface area contributed by atoms with Crippen LogP contribution in [0, 0.1) is 0 Å². The number of aromatic hydroxyl groups is 3. The quantitative estimate of drug-likeness (QED) is 0.189. The highest BCUT2D eigenvalue weighted by Crippen LogP contribution is 2.50. The third kappa shape index (κ3) is 7.14. The Morgan fingerprint density at radius 3 is 0.975 bits per heavy atom. The van der Waals surface area contributed by atoms with Crippen LogP contribution in [0.5, 0.6) is 34.5 Å². The summed E-state index contributed by atoms with van der Waals surface area (Å²) in [5, 5.41) is 30.9. The zero-order valence-corrected chi connectivity index (χ0v) is 26.2. The first-order valence-electron chi connectivity index (χ1n) is 14.0. The maximum atomic E-state index is 10.3. The molecule has 0 aromatic heterocycles. The Labute approximate surface area is 241 Å². The summed E-state index contributed by atoms with van der Waals surface area (Å²) in [7, 11) is -2.07. The van der Waals surface area contributed by atoms with E-state index in [4.69, 9.17) is 13.6 Å². The minimum Gasteiger partial charge on any atom is -0.508 e. The van der Waals surface area contributed by atoms with Gasteiger partial charge in [0, 0.05) is 16.7 Å². The molecule has 0 bridgehead atoms. The van der Waals surface area contributed by atoms with Crippen LogP contribution in [0.3, 0.4) is 0 Å². The predicted octanol–water partition coefficient (Wildman–Crippen LogP) is 9.63. The number of benzene rings is 3. The van der Waals surface area contributed by atoms with Gasteiger partial charge in [-0.05, 0) is 90.1 Å². The van der Waals surface area contributed by atoms with Crippen LogP contribution in [0.2, 0.25) is 0 Å². The van der Waals surface area contributed by atoms with Gasteiger partial charge in [-0.2, -0.15) is 0 Å². The van der Waals surface area contributed by atoms with Crippen molar-refractivity contribution in [2.24, 2.45) is 0 Å². The van der Waals surface area contributed by atoms with Crippen molar-refractivity contribution in [3.8, 4) is 34.5 Å². The lowest BCUT2D eigenvalue weighted by Crippen LogP contribution is -2.19. The molecule has 0 aliphatic rings. The van der Waals surface area contributed by atoms with E-state index in [9.17, 15) is 15.3 Å². The summed E-state index contributed by atoms with van der Waals surface area (Å²) in [5.74, 6) is 2.14. The lowest BCUT2D eigenvalue weighted by atomic mass is 9.81. The summed E-state index contributed by atoms with van der Waals surface area (Å²) in [6.45, 7) is 18.9. The van der Waals surface area contributed by atoms with Crippen LogP contribution < -0.4 is 13.6 Å². The normalized spacial score (nSPS) is 12.4. The third-order valence-corrected chi connectivity index (χ3v) is 9.28. The van der Waals surface area contributed by atoms with Gasteiger partial charge in [0.05, 0.1) is 0 Å². The Hall–Kier alpha value is -3.11. The standard InChI is InChI=1S/C33H45O6P/c1-10-31(4,5)25-19-22(34)13-16-28(25)37-40(38-29-17-14-23(35)20-26(29)32(6,7)11-2)39-30-18-15-24(36)21-27(30)33(8,9)12-3/h13-21,34-36H,10-12H2,1-9H3. The fraction of sp³-hybridized carbons (Fsp3) is 0.455. The van der Waals surface area contributed by atoms with Crippen molar-refractivity contribution in [3.63, 3.8) is 0 Å². The van der Waals surface area contributed by atoms with Crippen LogP contribution in [-0.2, 0) is 16.2 Å². The molecule has 0 heterocycles. The fourth-order valence-electron chi connectivity index (χ4n) is 4.25. The molecule has 3 aromatic carbocycles. The summed E-state index contributed by atoms with van der Waals surface area (Å²) in [5.41, 5.74) is 1.68. The molecule has 3 aromatic rings. The fourth-order valence-corrected chi connectivity index (χ4v) is 5.32. The monoisotopic (exact) mass is 568 g/mol. The number of rotatable bonds is 12. The van der Waals surface area contributed by atoms with Gasteiger partial charge in [-0.25, -0.2) is 0 Å². The smallest absolute Gasteiger partial charge is 0.508 e. The summed E-state index contributed by atoms with van der Waals surface area (Å²) < 4.78 is 19.6. The van der Waals surface area contributed by atoms with E-state index < -0.39 is 8.60 Å². The molecule has 0 saturated heterocycles. The van der Waals surface area contributed by atoms with Crippen LogP contribution in [0.25, 0.3) is 0 Å². The first-order valence-corrected chi connectivity index (χ1v) is 15.1. The Kier molecular flexibility index (Phi) is 9.57. The zero-order chi connectivity index (χ0) is 29.9. The number of hydrogen-bond acceptors (Lipinski definition) is 6. The largest absolute Gasteiger partial charge is 0.530 e. The average Bonchev–Trinajstić information content (AvgIpc) is 2.91. The van der Waals surface area contributed by atoms with Gasteiger partial charge >= 0.3 is 8.60 Å². The Balaban J connectivity index is 2.16. The van der Waals surface area contributed by atoms with Gasteiger partial charge in [0.2, 0.25) is 0 Å². The molecule has 3 rings (SSSR count).